The standard InChI is InChI=1S/C22H28N6O7/c1-32-20(30)16(27-22(31)34-14-15-6-3-2-4-7-15)13-26-19(29)17-12-18(28-35-17)33-11-5-8-23-21-24-9-10-25-21/h2-4,6-7,12,16H,5,8-11,13-14H2,1H3,(H,26,29)(H,27,31)(H2,23,24,25). The van der Waals surface area contributed by atoms with Crippen LogP contribution in [0, 0.1) is 0 Å². The number of nitrogens with one attached hydrogen (secondary N) is 4. The molecule has 0 radical (unpaired) electrons. The number of aromatic nitrogens is 1. The summed E-state index contributed by atoms with van der Waals surface area (Å²) < 4.78 is 20.2. The van der Waals surface area contributed by atoms with Crippen LogP contribution in [0.1, 0.15) is 22.5 Å². The fourth-order valence-electron chi connectivity index (χ4n) is 2.93. The molecule has 35 heavy (non-hydrogen) atoms. The first-order valence-electron chi connectivity index (χ1n) is 11.0. The summed E-state index contributed by atoms with van der Waals surface area (Å²) in [5, 5.41) is 14.8. The number of ether oxygens (including phenoxy) is 3. The van der Waals surface area contributed by atoms with Gasteiger partial charge in [0.25, 0.3) is 11.8 Å². The highest BCUT2D eigenvalue weighted by molar-refractivity contribution is 5.92. The number of nitrogens with zero attached hydrogens (tertiary/aromatic N) is 2. The normalized spacial score (nSPS) is 13.1. The summed E-state index contributed by atoms with van der Waals surface area (Å²) in [6, 6.07) is 9.21. The summed E-state index contributed by atoms with van der Waals surface area (Å²) in [5.41, 5.74) is 0.783. The maximum absolute atomic E-state index is 12.4. The van der Waals surface area contributed by atoms with E-state index >= 15 is 0 Å². The number of benzene rings is 1. The Morgan fingerprint density at radius 3 is 2.80 bits per heavy atom. The van der Waals surface area contributed by atoms with Gasteiger partial charge in [0.2, 0.25) is 5.76 Å². The molecule has 1 aliphatic rings. The third kappa shape index (κ3) is 8.53. The number of carbonyl (C=O) groups excluding carboxylic acids is 3. The van der Waals surface area contributed by atoms with E-state index in [1.807, 2.05) is 18.2 Å². The Morgan fingerprint density at radius 1 is 1.23 bits per heavy atom. The Bertz CT molecular complexity index is 1010. The highest BCUT2D eigenvalue weighted by Crippen LogP contribution is 2.11. The lowest BCUT2D eigenvalue weighted by atomic mass is 10.2. The molecule has 0 saturated carbocycles. The first-order valence-corrected chi connectivity index (χ1v) is 11.0. The van der Waals surface area contributed by atoms with Gasteiger partial charge in [0.1, 0.15) is 12.6 Å². The van der Waals surface area contributed by atoms with Gasteiger partial charge in [-0.15, -0.1) is 0 Å². The molecule has 3 rings (SSSR count). The Balaban J connectivity index is 1.39. The van der Waals surface area contributed by atoms with Crippen molar-refractivity contribution in [2.24, 2.45) is 4.99 Å². The highest BCUT2D eigenvalue weighted by Gasteiger charge is 2.24. The van der Waals surface area contributed by atoms with Crippen molar-refractivity contribution in [1.29, 1.82) is 0 Å². The SMILES string of the molecule is COC(=O)C(CNC(=O)c1cc(OCCCNC2=NCCN2)no1)NC(=O)OCc1ccccc1. The molecular formula is C22H28N6O7. The molecule has 0 fully saturated rings. The summed E-state index contributed by atoms with van der Waals surface area (Å²) in [5.74, 6) is -0.588. The zero-order valence-electron chi connectivity index (χ0n) is 19.2. The van der Waals surface area contributed by atoms with Crippen molar-refractivity contribution >= 4 is 23.9 Å². The topological polar surface area (TPSA) is 165 Å². The molecule has 13 nitrogen and oxygen atoms in total. The van der Waals surface area contributed by atoms with E-state index in [0.717, 1.165) is 24.6 Å². The number of aliphatic imine (C=N–C) groups is 1. The van der Waals surface area contributed by atoms with E-state index in [1.54, 1.807) is 12.1 Å². The zero-order chi connectivity index (χ0) is 24.9. The number of esters is 1. The van der Waals surface area contributed by atoms with Crippen LogP contribution in [-0.2, 0) is 20.9 Å². The van der Waals surface area contributed by atoms with Crippen molar-refractivity contribution in [2.75, 3.05) is 39.9 Å². The van der Waals surface area contributed by atoms with Crippen molar-refractivity contribution in [2.45, 2.75) is 19.1 Å². The number of alkyl carbamates (subject to hydrolysis) is 1. The smallest absolute Gasteiger partial charge is 0.408 e. The molecule has 2 aromatic rings. The first kappa shape index (κ1) is 25.3. The van der Waals surface area contributed by atoms with Crippen molar-refractivity contribution in [3.63, 3.8) is 0 Å². The first-order chi connectivity index (χ1) is 17.0. The van der Waals surface area contributed by atoms with Crippen molar-refractivity contribution < 1.29 is 33.1 Å². The molecule has 13 heteroatoms. The molecule has 1 unspecified atom stereocenters. The van der Waals surface area contributed by atoms with E-state index in [2.05, 4.69) is 36.2 Å². The monoisotopic (exact) mass is 488 g/mol. The quantitative estimate of drug-likeness (QED) is 0.239. The summed E-state index contributed by atoms with van der Waals surface area (Å²) in [4.78, 5) is 40.7. The second-order valence-electron chi connectivity index (χ2n) is 7.31. The fourth-order valence-corrected chi connectivity index (χ4v) is 2.93. The number of guanidine groups is 1. The molecule has 0 saturated heterocycles. The van der Waals surface area contributed by atoms with Gasteiger partial charge in [-0.3, -0.25) is 9.79 Å². The largest absolute Gasteiger partial charge is 0.475 e. The Hall–Kier alpha value is -4.29. The van der Waals surface area contributed by atoms with Crippen molar-refractivity contribution in [3.05, 3.63) is 47.7 Å². The minimum atomic E-state index is -1.17. The summed E-state index contributed by atoms with van der Waals surface area (Å²) >= 11 is 0. The number of rotatable bonds is 12. The van der Waals surface area contributed by atoms with Gasteiger partial charge in [0, 0.05) is 19.6 Å². The lowest BCUT2D eigenvalue weighted by Gasteiger charge is -2.16. The van der Waals surface area contributed by atoms with E-state index in [9.17, 15) is 14.4 Å². The Morgan fingerprint density at radius 2 is 2.06 bits per heavy atom. The molecule has 188 valence electrons. The predicted octanol–water partition coefficient (Wildman–Crippen LogP) is 0.190. The zero-order valence-corrected chi connectivity index (χ0v) is 19.2. The van der Waals surface area contributed by atoms with E-state index in [-0.39, 0.29) is 24.8 Å². The Labute approximate surface area is 201 Å². The molecular weight excluding hydrogens is 460 g/mol. The summed E-state index contributed by atoms with van der Waals surface area (Å²) in [6.07, 6.45) is -0.152. The van der Waals surface area contributed by atoms with Gasteiger partial charge in [-0.05, 0) is 17.1 Å². The number of methoxy groups -OCH3 is 1. The average molecular weight is 489 g/mol. The van der Waals surface area contributed by atoms with Gasteiger partial charge in [0.05, 0.1) is 26.3 Å². The van der Waals surface area contributed by atoms with Crippen LogP contribution >= 0.6 is 0 Å². The second-order valence-corrected chi connectivity index (χ2v) is 7.31. The minimum Gasteiger partial charge on any atom is -0.475 e. The van der Waals surface area contributed by atoms with Gasteiger partial charge in [0.15, 0.2) is 5.96 Å². The van der Waals surface area contributed by atoms with Gasteiger partial charge in [-0.25, -0.2) is 9.59 Å². The van der Waals surface area contributed by atoms with Gasteiger partial charge in [-0.1, -0.05) is 30.3 Å². The van der Waals surface area contributed by atoms with Crippen LogP contribution in [0.3, 0.4) is 0 Å². The van der Waals surface area contributed by atoms with Gasteiger partial charge < -0.3 is 40.0 Å². The van der Waals surface area contributed by atoms with E-state index in [0.29, 0.717) is 19.6 Å². The minimum absolute atomic E-state index is 0.0233. The molecule has 1 aromatic carbocycles. The van der Waals surface area contributed by atoms with Crippen LogP contribution in [0.2, 0.25) is 0 Å². The maximum Gasteiger partial charge on any atom is 0.408 e. The van der Waals surface area contributed by atoms with Crippen molar-refractivity contribution in [1.82, 2.24) is 26.4 Å². The lowest BCUT2D eigenvalue weighted by molar-refractivity contribution is -0.142. The van der Waals surface area contributed by atoms with Gasteiger partial charge in [-0.2, -0.15) is 0 Å². The molecule has 0 spiro atoms. The molecule has 1 aromatic heterocycles. The maximum atomic E-state index is 12.4. The Kier molecular flexibility index (Phi) is 9.72. The number of amides is 2. The van der Waals surface area contributed by atoms with Crippen LogP contribution < -0.4 is 26.0 Å². The van der Waals surface area contributed by atoms with E-state index in [1.165, 1.54) is 13.2 Å². The van der Waals surface area contributed by atoms with Crippen molar-refractivity contribution in [3.8, 4) is 5.88 Å². The third-order valence-corrected chi connectivity index (χ3v) is 4.71. The highest BCUT2D eigenvalue weighted by atomic mass is 16.6. The lowest BCUT2D eigenvalue weighted by Crippen LogP contribution is -2.49. The molecule has 4 N–H and O–H groups in total. The second kappa shape index (κ2) is 13.4. The number of hydrogen-bond acceptors (Lipinski definition) is 11. The fraction of sp³-hybridized carbons (Fsp3) is 0.409. The van der Waals surface area contributed by atoms with Gasteiger partial charge >= 0.3 is 12.1 Å². The van der Waals surface area contributed by atoms with E-state index < -0.39 is 24.0 Å². The van der Waals surface area contributed by atoms with Crippen LogP contribution in [0.15, 0.2) is 45.9 Å². The summed E-state index contributed by atoms with van der Waals surface area (Å²) in [7, 11) is 1.17. The van der Waals surface area contributed by atoms with Crippen LogP contribution in [0.5, 0.6) is 5.88 Å². The molecule has 2 heterocycles. The van der Waals surface area contributed by atoms with Crippen LogP contribution in [-0.4, -0.2) is 75.0 Å². The average Bonchev–Trinajstić information content (AvgIpc) is 3.57. The third-order valence-electron chi connectivity index (χ3n) is 4.71. The summed E-state index contributed by atoms with van der Waals surface area (Å²) in [6.45, 7) is 2.37. The number of hydrogen-bond donors (Lipinski definition) is 4. The van der Waals surface area contributed by atoms with E-state index in [4.69, 9.17) is 14.0 Å². The van der Waals surface area contributed by atoms with Crippen LogP contribution in [0.25, 0.3) is 0 Å². The predicted molar refractivity (Wildman–Crippen MR) is 123 cm³/mol. The molecule has 1 aliphatic heterocycles. The molecule has 1 atom stereocenters. The molecule has 0 bridgehead atoms. The van der Waals surface area contributed by atoms with Crippen LogP contribution in [0.4, 0.5) is 4.79 Å². The molecule has 0 aliphatic carbocycles. The molecule has 2 amide bonds. The number of carbonyl (C=O) groups is 3.